The number of carbonyl (C=O) groups excluding carboxylic acids is 1. The van der Waals surface area contributed by atoms with E-state index in [2.05, 4.69) is 25.7 Å². The van der Waals surface area contributed by atoms with Crippen molar-refractivity contribution in [1.29, 1.82) is 0 Å². The second kappa shape index (κ2) is 3.66. The molecule has 15 heavy (non-hydrogen) atoms. The minimum absolute atomic E-state index is 0.309. The Morgan fingerprint density at radius 2 is 2.27 bits per heavy atom. The van der Waals surface area contributed by atoms with Crippen molar-refractivity contribution in [3.05, 3.63) is 34.2 Å². The number of fused-ring (bicyclic) bond motifs is 1. The van der Waals surface area contributed by atoms with Gasteiger partial charge >= 0.3 is 5.97 Å². The summed E-state index contributed by atoms with van der Waals surface area (Å²) >= 11 is 3.40. The summed E-state index contributed by atoms with van der Waals surface area (Å²) in [6.45, 7) is 1.97. The number of hydrogen-bond donors (Lipinski definition) is 0. The highest BCUT2D eigenvalue weighted by atomic mass is 79.9. The summed E-state index contributed by atoms with van der Waals surface area (Å²) in [5, 5.41) is 0. The number of nitrogens with zero attached hydrogens (tertiary/aromatic N) is 2. The minimum Gasteiger partial charge on any atom is -0.464 e. The van der Waals surface area contributed by atoms with Crippen LogP contribution in [0.4, 0.5) is 0 Å². The Hall–Kier alpha value is -1.36. The van der Waals surface area contributed by atoms with E-state index in [0.29, 0.717) is 11.3 Å². The molecule has 0 aliphatic carbocycles. The number of aryl methyl sites for hydroxylation is 1. The highest BCUT2D eigenvalue weighted by molar-refractivity contribution is 9.10. The van der Waals surface area contributed by atoms with Crippen LogP contribution in [0.15, 0.2) is 22.9 Å². The minimum atomic E-state index is -0.428. The summed E-state index contributed by atoms with van der Waals surface area (Å²) in [7, 11) is 1.34. The average Bonchev–Trinajstić information content (AvgIpc) is 2.60. The second-order valence-electron chi connectivity index (χ2n) is 3.21. The van der Waals surface area contributed by atoms with Crippen molar-refractivity contribution < 1.29 is 9.53 Å². The standard InChI is InChI=1S/C10H9BrN2O2/c1-6-3-7(11)9-12-8(10(14)15-2)5-13(9)4-6/h3-5H,1-2H3. The van der Waals surface area contributed by atoms with E-state index in [0.717, 1.165) is 10.0 Å². The van der Waals surface area contributed by atoms with Crippen molar-refractivity contribution in [3.8, 4) is 0 Å². The molecule has 2 heterocycles. The van der Waals surface area contributed by atoms with Crippen LogP contribution in [0.2, 0.25) is 0 Å². The lowest BCUT2D eigenvalue weighted by Crippen LogP contribution is -2.00. The van der Waals surface area contributed by atoms with E-state index >= 15 is 0 Å². The molecule has 2 rings (SSSR count). The van der Waals surface area contributed by atoms with E-state index in [9.17, 15) is 4.79 Å². The number of rotatable bonds is 1. The third-order valence-corrected chi connectivity index (χ3v) is 2.62. The van der Waals surface area contributed by atoms with Gasteiger partial charge in [-0.3, -0.25) is 0 Å². The number of ether oxygens (including phenoxy) is 1. The van der Waals surface area contributed by atoms with E-state index in [1.54, 1.807) is 10.6 Å². The van der Waals surface area contributed by atoms with Gasteiger partial charge in [0.05, 0.1) is 11.6 Å². The lowest BCUT2D eigenvalue weighted by Gasteiger charge is -1.97. The Balaban J connectivity index is 2.65. The Morgan fingerprint density at radius 3 is 2.93 bits per heavy atom. The lowest BCUT2D eigenvalue weighted by molar-refractivity contribution is 0.0595. The van der Waals surface area contributed by atoms with Gasteiger partial charge in [-0.05, 0) is 34.5 Å². The molecule has 0 aliphatic heterocycles. The number of hydrogen-bond acceptors (Lipinski definition) is 3. The molecule has 0 saturated heterocycles. The Bertz CT molecular complexity index is 533. The van der Waals surface area contributed by atoms with Crippen LogP contribution < -0.4 is 0 Å². The summed E-state index contributed by atoms with van der Waals surface area (Å²) < 4.78 is 7.26. The smallest absolute Gasteiger partial charge is 0.358 e. The first-order valence-corrected chi connectivity index (χ1v) is 5.14. The predicted octanol–water partition coefficient (Wildman–Crippen LogP) is 2.19. The van der Waals surface area contributed by atoms with Gasteiger partial charge in [-0.2, -0.15) is 0 Å². The molecule has 0 radical (unpaired) electrons. The molecule has 0 saturated carbocycles. The van der Waals surface area contributed by atoms with E-state index in [4.69, 9.17) is 0 Å². The number of methoxy groups -OCH3 is 1. The van der Waals surface area contributed by atoms with Gasteiger partial charge in [-0.25, -0.2) is 9.78 Å². The van der Waals surface area contributed by atoms with E-state index in [1.807, 2.05) is 19.2 Å². The fourth-order valence-electron chi connectivity index (χ4n) is 1.39. The number of imidazole rings is 1. The van der Waals surface area contributed by atoms with E-state index in [-0.39, 0.29) is 0 Å². The largest absolute Gasteiger partial charge is 0.464 e. The molecule has 0 spiro atoms. The van der Waals surface area contributed by atoms with Crippen LogP contribution >= 0.6 is 15.9 Å². The maximum Gasteiger partial charge on any atom is 0.358 e. The number of halogens is 1. The van der Waals surface area contributed by atoms with Crippen LogP contribution in [0.3, 0.4) is 0 Å². The number of carbonyl (C=O) groups is 1. The van der Waals surface area contributed by atoms with Gasteiger partial charge in [0, 0.05) is 12.4 Å². The molecular formula is C10H9BrN2O2. The van der Waals surface area contributed by atoms with E-state index < -0.39 is 5.97 Å². The zero-order chi connectivity index (χ0) is 11.0. The van der Waals surface area contributed by atoms with Crippen molar-refractivity contribution >= 4 is 27.5 Å². The average molecular weight is 269 g/mol. The van der Waals surface area contributed by atoms with Gasteiger partial charge in [0.1, 0.15) is 0 Å². The first-order valence-electron chi connectivity index (χ1n) is 4.35. The first-order chi connectivity index (χ1) is 7.11. The van der Waals surface area contributed by atoms with Crippen LogP contribution in [0.5, 0.6) is 0 Å². The van der Waals surface area contributed by atoms with Crippen LogP contribution in [-0.2, 0) is 4.74 Å². The Labute approximate surface area is 95.0 Å². The molecule has 78 valence electrons. The van der Waals surface area contributed by atoms with Gasteiger partial charge < -0.3 is 9.14 Å². The van der Waals surface area contributed by atoms with Crippen LogP contribution in [-0.4, -0.2) is 22.5 Å². The van der Waals surface area contributed by atoms with Gasteiger partial charge in [-0.15, -0.1) is 0 Å². The topological polar surface area (TPSA) is 43.6 Å². The maximum atomic E-state index is 11.3. The monoisotopic (exact) mass is 268 g/mol. The summed E-state index contributed by atoms with van der Waals surface area (Å²) in [5.74, 6) is -0.428. The van der Waals surface area contributed by atoms with E-state index in [1.165, 1.54) is 7.11 Å². The van der Waals surface area contributed by atoms with Crippen LogP contribution in [0, 0.1) is 6.92 Å². The quantitative estimate of drug-likeness (QED) is 0.745. The summed E-state index contributed by atoms with van der Waals surface area (Å²) in [4.78, 5) is 15.4. The highest BCUT2D eigenvalue weighted by Crippen LogP contribution is 2.19. The van der Waals surface area contributed by atoms with Crippen LogP contribution in [0.1, 0.15) is 16.1 Å². The third kappa shape index (κ3) is 1.74. The maximum absolute atomic E-state index is 11.3. The van der Waals surface area contributed by atoms with Crippen molar-refractivity contribution in [2.24, 2.45) is 0 Å². The SMILES string of the molecule is COC(=O)c1cn2cc(C)cc(Br)c2n1. The molecule has 0 aromatic carbocycles. The number of pyridine rings is 1. The van der Waals surface area contributed by atoms with Crippen molar-refractivity contribution in [2.45, 2.75) is 6.92 Å². The Kier molecular flexibility index (Phi) is 2.48. The number of esters is 1. The predicted molar refractivity (Wildman–Crippen MR) is 59.0 cm³/mol. The molecule has 0 aliphatic rings. The molecule has 0 atom stereocenters. The lowest BCUT2D eigenvalue weighted by atomic mass is 10.3. The Morgan fingerprint density at radius 1 is 1.53 bits per heavy atom. The van der Waals surface area contributed by atoms with Crippen molar-refractivity contribution in [1.82, 2.24) is 9.38 Å². The molecule has 2 aromatic heterocycles. The van der Waals surface area contributed by atoms with Gasteiger partial charge in [0.15, 0.2) is 11.3 Å². The highest BCUT2D eigenvalue weighted by Gasteiger charge is 2.12. The van der Waals surface area contributed by atoms with Gasteiger partial charge in [0.2, 0.25) is 0 Å². The normalized spacial score (nSPS) is 10.6. The van der Waals surface area contributed by atoms with Crippen molar-refractivity contribution in [3.63, 3.8) is 0 Å². The zero-order valence-electron chi connectivity index (χ0n) is 8.32. The summed E-state index contributed by atoms with van der Waals surface area (Å²) in [5.41, 5.74) is 2.10. The molecule has 0 unspecified atom stereocenters. The first kappa shape index (κ1) is 10.2. The summed E-state index contributed by atoms with van der Waals surface area (Å²) in [6, 6.07) is 1.95. The third-order valence-electron chi connectivity index (χ3n) is 2.04. The number of aromatic nitrogens is 2. The molecule has 4 nitrogen and oxygen atoms in total. The zero-order valence-corrected chi connectivity index (χ0v) is 9.91. The van der Waals surface area contributed by atoms with Gasteiger partial charge in [0.25, 0.3) is 0 Å². The molecule has 2 aromatic rings. The summed E-state index contributed by atoms with van der Waals surface area (Å²) in [6.07, 6.45) is 3.55. The second-order valence-corrected chi connectivity index (χ2v) is 4.07. The molecule has 0 fully saturated rings. The molecular weight excluding hydrogens is 260 g/mol. The molecule has 5 heteroatoms. The molecule has 0 bridgehead atoms. The molecule has 0 N–H and O–H groups in total. The molecule has 0 amide bonds. The van der Waals surface area contributed by atoms with Crippen LogP contribution in [0.25, 0.3) is 5.65 Å². The fraction of sp³-hybridized carbons (Fsp3) is 0.200. The van der Waals surface area contributed by atoms with Crippen molar-refractivity contribution in [2.75, 3.05) is 7.11 Å². The fourth-order valence-corrected chi connectivity index (χ4v) is 2.05. The van der Waals surface area contributed by atoms with Gasteiger partial charge in [-0.1, -0.05) is 0 Å².